The standard InChI is InChI=1S/C15H23N3O/c1-4-10-18(11-5-2)15(16-3)17-14-9-7-6-8-13(14)12-19/h6-9,12H,4-5,10-11H2,1-3H3,(H,16,17). The minimum atomic E-state index is 0.650. The molecule has 1 N–H and O–H groups in total. The number of hydrogen-bond donors (Lipinski definition) is 1. The number of carbonyl (C=O) groups is 1. The maximum absolute atomic E-state index is 11.0. The molecule has 1 aromatic carbocycles. The van der Waals surface area contributed by atoms with E-state index in [4.69, 9.17) is 0 Å². The van der Waals surface area contributed by atoms with Gasteiger partial charge in [0.1, 0.15) is 0 Å². The number of aliphatic imine (C=N–C) groups is 1. The van der Waals surface area contributed by atoms with Crippen molar-refractivity contribution in [3.8, 4) is 0 Å². The minimum Gasteiger partial charge on any atom is -0.343 e. The van der Waals surface area contributed by atoms with E-state index < -0.39 is 0 Å². The molecule has 0 radical (unpaired) electrons. The molecule has 0 aliphatic rings. The van der Waals surface area contributed by atoms with Crippen molar-refractivity contribution in [3.63, 3.8) is 0 Å². The number of rotatable bonds is 6. The molecule has 0 saturated heterocycles. The molecule has 0 aromatic heterocycles. The van der Waals surface area contributed by atoms with E-state index in [-0.39, 0.29) is 0 Å². The van der Waals surface area contributed by atoms with Crippen molar-refractivity contribution in [1.29, 1.82) is 0 Å². The molecular formula is C15H23N3O. The minimum absolute atomic E-state index is 0.650. The van der Waals surface area contributed by atoms with Gasteiger partial charge in [0.2, 0.25) is 0 Å². The fourth-order valence-electron chi connectivity index (χ4n) is 1.97. The molecule has 4 nitrogen and oxygen atoms in total. The molecule has 0 spiro atoms. The number of nitrogens with one attached hydrogen (secondary N) is 1. The number of nitrogens with zero attached hydrogens (tertiary/aromatic N) is 2. The van der Waals surface area contributed by atoms with Crippen molar-refractivity contribution >= 4 is 17.9 Å². The second kappa shape index (κ2) is 8.29. The third kappa shape index (κ3) is 4.39. The van der Waals surface area contributed by atoms with Crippen LogP contribution in [0.2, 0.25) is 0 Å². The van der Waals surface area contributed by atoms with Gasteiger partial charge in [0.05, 0.1) is 5.69 Å². The normalized spacial score (nSPS) is 11.2. The Hall–Kier alpha value is -1.84. The van der Waals surface area contributed by atoms with Crippen LogP contribution in [0.4, 0.5) is 5.69 Å². The zero-order valence-electron chi connectivity index (χ0n) is 12.0. The summed E-state index contributed by atoms with van der Waals surface area (Å²) in [5.41, 5.74) is 1.45. The Morgan fingerprint density at radius 1 is 1.26 bits per heavy atom. The fraction of sp³-hybridized carbons (Fsp3) is 0.467. The van der Waals surface area contributed by atoms with E-state index in [1.165, 1.54) is 0 Å². The summed E-state index contributed by atoms with van der Waals surface area (Å²) in [6, 6.07) is 7.46. The van der Waals surface area contributed by atoms with Crippen LogP contribution in [-0.4, -0.2) is 37.3 Å². The van der Waals surface area contributed by atoms with Gasteiger partial charge in [-0.05, 0) is 25.0 Å². The SMILES string of the molecule is CCCN(CCC)C(=NC)Nc1ccccc1C=O. The Balaban J connectivity index is 2.88. The van der Waals surface area contributed by atoms with E-state index in [2.05, 4.69) is 29.1 Å². The predicted octanol–water partition coefficient (Wildman–Crippen LogP) is 3.02. The van der Waals surface area contributed by atoms with Gasteiger partial charge < -0.3 is 10.2 Å². The lowest BCUT2D eigenvalue weighted by Gasteiger charge is -2.26. The van der Waals surface area contributed by atoms with Crippen molar-refractivity contribution in [2.75, 3.05) is 25.5 Å². The predicted molar refractivity (Wildman–Crippen MR) is 81.0 cm³/mol. The zero-order valence-corrected chi connectivity index (χ0v) is 12.0. The molecule has 1 aromatic rings. The lowest BCUT2D eigenvalue weighted by molar-refractivity contribution is 0.112. The third-order valence-corrected chi connectivity index (χ3v) is 2.83. The largest absolute Gasteiger partial charge is 0.343 e. The molecule has 0 atom stereocenters. The van der Waals surface area contributed by atoms with Crippen LogP contribution in [0.1, 0.15) is 37.0 Å². The summed E-state index contributed by atoms with van der Waals surface area (Å²) in [6.07, 6.45) is 2.99. The average molecular weight is 261 g/mol. The van der Waals surface area contributed by atoms with Gasteiger partial charge in [-0.2, -0.15) is 0 Å². The summed E-state index contributed by atoms with van der Waals surface area (Å²) < 4.78 is 0. The van der Waals surface area contributed by atoms with Crippen LogP contribution in [0.25, 0.3) is 0 Å². The van der Waals surface area contributed by atoms with E-state index >= 15 is 0 Å². The molecule has 0 aliphatic carbocycles. The summed E-state index contributed by atoms with van der Waals surface area (Å²) in [5.74, 6) is 0.818. The smallest absolute Gasteiger partial charge is 0.198 e. The van der Waals surface area contributed by atoms with Gasteiger partial charge in [-0.25, -0.2) is 0 Å². The molecule has 0 bridgehead atoms. The van der Waals surface area contributed by atoms with Crippen LogP contribution < -0.4 is 5.32 Å². The molecular weight excluding hydrogens is 238 g/mol. The van der Waals surface area contributed by atoms with E-state index in [1.807, 2.05) is 18.2 Å². The number of benzene rings is 1. The van der Waals surface area contributed by atoms with Gasteiger partial charge in [0, 0.05) is 25.7 Å². The topological polar surface area (TPSA) is 44.7 Å². The van der Waals surface area contributed by atoms with Crippen molar-refractivity contribution in [1.82, 2.24) is 4.90 Å². The molecule has 1 rings (SSSR count). The number of carbonyl (C=O) groups excluding carboxylic acids is 1. The highest BCUT2D eigenvalue weighted by molar-refractivity contribution is 5.98. The Labute approximate surface area is 115 Å². The Morgan fingerprint density at radius 2 is 1.89 bits per heavy atom. The van der Waals surface area contributed by atoms with E-state index in [9.17, 15) is 4.79 Å². The van der Waals surface area contributed by atoms with Gasteiger partial charge in [0.25, 0.3) is 0 Å². The van der Waals surface area contributed by atoms with E-state index in [0.717, 1.165) is 43.9 Å². The van der Waals surface area contributed by atoms with Gasteiger partial charge in [-0.3, -0.25) is 9.79 Å². The summed E-state index contributed by atoms with van der Waals surface area (Å²) >= 11 is 0. The Kier molecular flexibility index (Phi) is 6.64. The highest BCUT2D eigenvalue weighted by Gasteiger charge is 2.10. The van der Waals surface area contributed by atoms with Crippen LogP contribution in [0, 0.1) is 0 Å². The Morgan fingerprint density at radius 3 is 2.42 bits per heavy atom. The molecule has 0 unspecified atom stereocenters. The fourth-order valence-corrected chi connectivity index (χ4v) is 1.97. The quantitative estimate of drug-likeness (QED) is 0.486. The van der Waals surface area contributed by atoms with E-state index in [1.54, 1.807) is 13.1 Å². The van der Waals surface area contributed by atoms with Gasteiger partial charge in [0.15, 0.2) is 12.2 Å². The van der Waals surface area contributed by atoms with Crippen LogP contribution in [0.3, 0.4) is 0 Å². The zero-order chi connectivity index (χ0) is 14.1. The van der Waals surface area contributed by atoms with Crippen molar-refractivity contribution in [2.24, 2.45) is 4.99 Å². The first-order chi connectivity index (χ1) is 9.26. The first-order valence-electron chi connectivity index (χ1n) is 6.79. The summed E-state index contributed by atoms with van der Waals surface area (Å²) in [7, 11) is 1.77. The molecule has 0 fully saturated rings. The molecule has 0 aliphatic heterocycles. The molecule has 4 heteroatoms. The number of hydrogen-bond acceptors (Lipinski definition) is 2. The number of guanidine groups is 1. The van der Waals surface area contributed by atoms with Gasteiger partial charge >= 0.3 is 0 Å². The number of para-hydroxylation sites is 1. The van der Waals surface area contributed by atoms with Crippen molar-refractivity contribution < 1.29 is 4.79 Å². The van der Waals surface area contributed by atoms with Crippen LogP contribution >= 0.6 is 0 Å². The second-order valence-electron chi connectivity index (χ2n) is 4.36. The van der Waals surface area contributed by atoms with Crippen LogP contribution in [-0.2, 0) is 0 Å². The maximum Gasteiger partial charge on any atom is 0.198 e. The number of anilines is 1. The summed E-state index contributed by atoms with van der Waals surface area (Å²) in [5, 5.41) is 3.26. The number of aldehydes is 1. The van der Waals surface area contributed by atoms with Crippen LogP contribution in [0.5, 0.6) is 0 Å². The van der Waals surface area contributed by atoms with Crippen molar-refractivity contribution in [3.05, 3.63) is 29.8 Å². The average Bonchev–Trinajstić information content (AvgIpc) is 2.45. The second-order valence-corrected chi connectivity index (χ2v) is 4.36. The highest BCUT2D eigenvalue weighted by Crippen LogP contribution is 2.13. The van der Waals surface area contributed by atoms with Crippen molar-refractivity contribution in [2.45, 2.75) is 26.7 Å². The molecule has 19 heavy (non-hydrogen) atoms. The van der Waals surface area contributed by atoms with Gasteiger partial charge in [-0.15, -0.1) is 0 Å². The lowest BCUT2D eigenvalue weighted by atomic mass is 10.2. The van der Waals surface area contributed by atoms with E-state index in [0.29, 0.717) is 5.56 Å². The first kappa shape index (κ1) is 15.2. The van der Waals surface area contributed by atoms with Gasteiger partial charge in [-0.1, -0.05) is 26.0 Å². The molecule has 0 amide bonds. The lowest BCUT2D eigenvalue weighted by Crippen LogP contribution is -2.37. The molecule has 104 valence electrons. The Bertz CT molecular complexity index is 423. The third-order valence-electron chi connectivity index (χ3n) is 2.83. The first-order valence-corrected chi connectivity index (χ1v) is 6.79. The molecule has 0 saturated carbocycles. The highest BCUT2D eigenvalue weighted by atomic mass is 16.1. The summed E-state index contributed by atoms with van der Waals surface area (Å²) in [6.45, 7) is 6.21. The monoisotopic (exact) mass is 261 g/mol. The maximum atomic E-state index is 11.0. The van der Waals surface area contributed by atoms with Crippen LogP contribution in [0.15, 0.2) is 29.3 Å². The summed E-state index contributed by atoms with van der Waals surface area (Å²) in [4.78, 5) is 17.5. The molecule has 0 heterocycles.